The number of aliphatic hydroxyl groups is 1. The summed E-state index contributed by atoms with van der Waals surface area (Å²) in [5.41, 5.74) is 0. The molecule has 0 amide bonds. The van der Waals surface area contributed by atoms with Crippen LogP contribution >= 0.6 is 0 Å². The van der Waals surface area contributed by atoms with Gasteiger partial charge in [-0.1, -0.05) is 20.8 Å². The molecule has 0 fully saturated rings. The van der Waals surface area contributed by atoms with Gasteiger partial charge in [-0.3, -0.25) is 0 Å². The van der Waals surface area contributed by atoms with Crippen LogP contribution in [0.3, 0.4) is 0 Å². The lowest BCUT2D eigenvalue weighted by atomic mass is 9.92. The van der Waals surface area contributed by atoms with Crippen molar-refractivity contribution in [2.75, 3.05) is 0 Å². The fraction of sp³-hybridized carbons (Fsp3) is 0.875. The van der Waals surface area contributed by atoms with Crippen molar-refractivity contribution in [1.29, 1.82) is 0 Å². The normalized spacial score (nSPS) is 16.5. The predicted molar refractivity (Wildman–Crippen MR) is 42.3 cm³/mol. The minimum atomic E-state index is -1.20. The van der Waals surface area contributed by atoms with Crippen LogP contribution in [0.1, 0.15) is 27.2 Å². The third-order valence-corrected chi connectivity index (χ3v) is 2.02. The molecule has 0 spiro atoms. The number of aliphatic carboxylic acids is 1. The Kier molecular flexibility index (Phi) is 4.11. The average molecular weight is 160 g/mol. The van der Waals surface area contributed by atoms with Crippen LogP contribution in [0.2, 0.25) is 0 Å². The molecule has 2 atom stereocenters. The summed E-state index contributed by atoms with van der Waals surface area (Å²) < 4.78 is 0. The van der Waals surface area contributed by atoms with Crippen molar-refractivity contribution >= 4 is 5.97 Å². The van der Waals surface area contributed by atoms with E-state index in [-0.39, 0.29) is 5.92 Å². The SMILES string of the molecule is CC(C)[C@H](C)C[C@H](O)C(=O)O. The molecule has 0 saturated heterocycles. The lowest BCUT2D eigenvalue weighted by molar-refractivity contribution is -0.147. The van der Waals surface area contributed by atoms with E-state index in [1.54, 1.807) is 0 Å². The second-order valence-corrected chi connectivity index (χ2v) is 3.31. The third kappa shape index (κ3) is 3.98. The van der Waals surface area contributed by atoms with E-state index >= 15 is 0 Å². The first-order valence-corrected chi connectivity index (χ1v) is 3.86. The van der Waals surface area contributed by atoms with Gasteiger partial charge in [-0.2, -0.15) is 0 Å². The van der Waals surface area contributed by atoms with E-state index in [4.69, 9.17) is 10.2 Å². The number of carboxylic acid groups (broad SMARTS) is 1. The highest BCUT2D eigenvalue weighted by Gasteiger charge is 2.18. The number of rotatable bonds is 4. The van der Waals surface area contributed by atoms with Crippen LogP contribution in [0, 0.1) is 11.8 Å². The lowest BCUT2D eigenvalue weighted by Crippen LogP contribution is -2.23. The maximum atomic E-state index is 10.2. The van der Waals surface area contributed by atoms with E-state index < -0.39 is 12.1 Å². The zero-order valence-corrected chi connectivity index (χ0v) is 7.24. The van der Waals surface area contributed by atoms with E-state index in [0.717, 1.165) is 0 Å². The van der Waals surface area contributed by atoms with Gasteiger partial charge in [0.05, 0.1) is 0 Å². The molecule has 66 valence electrons. The first-order valence-electron chi connectivity index (χ1n) is 3.86. The zero-order valence-electron chi connectivity index (χ0n) is 7.24. The summed E-state index contributed by atoms with van der Waals surface area (Å²) >= 11 is 0. The molecule has 11 heavy (non-hydrogen) atoms. The number of carboxylic acids is 1. The molecule has 0 bridgehead atoms. The highest BCUT2D eigenvalue weighted by Crippen LogP contribution is 2.15. The predicted octanol–water partition coefficient (Wildman–Crippen LogP) is 1.11. The summed E-state index contributed by atoms with van der Waals surface area (Å²) in [5.74, 6) is -0.456. The molecule has 2 N–H and O–H groups in total. The maximum Gasteiger partial charge on any atom is 0.332 e. The van der Waals surface area contributed by atoms with Gasteiger partial charge >= 0.3 is 5.97 Å². The smallest absolute Gasteiger partial charge is 0.332 e. The summed E-state index contributed by atoms with van der Waals surface area (Å²) in [6, 6.07) is 0. The van der Waals surface area contributed by atoms with Crippen molar-refractivity contribution in [3.05, 3.63) is 0 Å². The summed E-state index contributed by atoms with van der Waals surface area (Å²) in [5, 5.41) is 17.3. The fourth-order valence-corrected chi connectivity index (χ4v) is 0.725. The average Bonchev–Trinajstić information content (AvgIpc) is 1.87. The van der Waals surface area contributed by atoms with E-state index in [2.05, 4.69) is 0 Å². The number of aliphatic hydroxyl groups excluding tert-OH is 1. The van der Waals surface area contributed by atoms with Gasteiger partial charge in [-0.05, 0) is 18.3 Å². The number of hydrogen-bond donors (Lipinski definition) is 2. The lowest BCUT2D eigenvalue weighted by Gasteiger charge is -2.16. The molecule has 0 aliphatic heterocycles. The Morgan fingerprint density at radius 2 is 1.82 bits per heavy atom. The summed E-state index contributed by atoms with van der Waals surface area (Å²) in [6.45, 7) is 5.97. The molecular formula is C8H16O3. The van der Waals surface area contributed by atoms with E-state index in [9.17, 15) is 4.79 Å². The Hall–Kier alpha value is -0.570. The standard InChI is InChI=1S/C8H16O3/c1-5(2)6(3)4-7(9)8(10)11/h5-7,9H,4H2,1-3H3,(H,10,11)/t6-,7+/m1/s1. The molecule has 0 rings (SSSR count). The van der Waals surface area contributed by atoms with E-state index in [0.29, 0.717) is 12.3 Å². The second-order valence-electron chi connectivity index (χ2n) is 3.31. The van der Waals surface area contributed by atoms with Gasteiger partial charge < -0.3 is 10.2 Å². The maximum absolute atomic E-state index is 10.2. The Morgan fingerprint density at radius 3 is 2.09 bits per heavy atom. The number of carbonyl (C=O) groups is 1. The molecule has 0 aliphatic rings. The third-order valence-electron chi connectivity index (χ3n) is 2.02. The van der Waals surface area contributed by atoms with Crippen LogP contribution in [-0.2, 0) is 4.79 Å². The summed E-state index contributed by atoms with van der Waals surface area (Å²) in [7, 11) is 0. The molecule has 3 nitrogen and oxygen atoms in total. The van der Waals surface area contributed by atoms with Crippen LogP contribution < -0.4 is 0 Å². The Bertz CT molecular complexity index is 131. The quantitative estimate of drug-likeness (QED) is 0.647. The van der Waals surface area contributed by atoms with E-state index in [1.165, 1.54) is 0 Å². The Balaban J connectivity index is 3.75. The monoisotopic (exact) mass is 160 g/mol. The number of hydrogen-bond acceptors (Lipinski definition) is 2. The van der Waals surface area contributed by atoms with Crippen molar-refractivity contribution in [1.82, 2.24) is 0 Å². The minimum Gasteiger partial charge on any atom is -0.479 e. The minimum absolute atomic E-state index is 0.251. The molecule has 0 aromatic carbocycles. The van der Waals surface area contributed by atoms with Crippen LogP contribution in [-0.4, -0.2) is 22.3 Å². The van der Waals surface area contributed by atoms with Crippen molar-refractivity contribution in [3.63, 3.8) is 0 Å². The molecule has 0 saturated carbocycles. The highest BCUT2D eigenvalue weighted by molar-refractivity contribution is 5.71. The second kappa shape index (κ2) is 4.34. The van der Waals surface area contributed by atoms with Crippen molar-refractivity contribution in [2.45, 2.75) is 33.3 Å². The zero-order chi connectivity index (χ0) is 9.02. The molecule has 0 aliphatic carbocycles. The van der Waals surface area contributed by atoms with Gasteiger partial charge in [0.25, 0.3) is 0 Å². The summed E-state index contributed by atoms with van der Waals surface area (Å²) in [6.07, 6.45) is -0.861. The van der Waals surface area contributed by atoms with Crippen LogP contribution in [0.5, 0.6) is 0 Å². The van der Waals surface area contributed by atoms with Crippen molar-refractivity contribution < 1.29 is 15.0 Å². The molecule has 0 radical (unpaired) electrons. The van der Waals surface area contributed by atoms with Gasteiger partial charge in [-0.15, -0.1) is 0 Å². The highest BCUT2D eigenvalue weighted by atomic mass is 16.4. The van der Waals surface area contributed by atoms with Crippen LogP contribution in [0.25, 0.3) is 0 Å². The molecule has 0 heterocycles. The molecule has 0 unspecified atom stereocenters. The topological polar surface area (TPSA) is 57.5 Å². The van der Waals surface area contributed by atoms with Gasteiger partial charge in [0.2, 0.25) is 0 Å². The Labute approximate surface area is 67.0 Å². The van der Waals surface area contributed by atoms with Gasteiger partial charge in [0, 0.05) is 0 Å². The van der Waals surface area contributed by atoms with Crippen LogP contribution in [0.15, 0.2) is 0 Å². The first-order chi connectivity index (χ1) is 4.95. The van der Waals surface area contributed by atoms with E-state index in [1.807, 2.05) is 20.8 Å². The molecule has 3 heteroatoms. The van der Waals surface area contributed by atoms with Gasteiger partial charge in [0.1, 0.15) is 0 Å². The molecule has 0 aromatic heterocycles. The Morgan fingerprint density at radius 1 is 1.36 bits per heavy atom. The summed E-state index contributed by atoms with van der Waals surface area (Å²) in [4.78, 5) is 10.2. The van der Waals surface area contributed by atoms with Gasteiger partial charge in [-0.25, -0.2) is 4.79 Å². The first kappa shape index (κ1) is 10.4. The molecule has 0 aromatic rings. The molecular weight excluding hydrogens is 144 g/mol. The van der Waals surface area contributed by atoms with Gasteiger partial charge in [0.15, 0.2) is 6.10 Å². The van der Waals surface area contributed by atoms with Crippen molar-refractivity contribution in [3.8, 4) is 0 Å². The fourth-order valence-electron chi connectivity index (χ4n) is 0.725. The van der Waals surface area contributed by atoms with Crippen molar-refractivity contribution in [2.24, 2.45) is 11.8 Å². The van der Waals surface area contributed by atoms with Crippen LogP contribution in [0.4, 0.5) is 0 Å². The largest absolute Gasteiger partial charge is 0.479 e.